The van der Waals surface area contributed by atoms with E-state index in [9.17, 15) is 9.59 Å². The molecule has 0 bridgehead atoms. The summed E-state index contributed by atoms with van der Waals surface area (Å²) < 4.78 is 5.16. The molecule has 1 aromatic rings. The highest BCUT2D eigenvalue weighted by Gasteiger charge is 2.17. The second-order valence-electron chi connectivity index (χ2n) is 5.51. The molecule has 1 N–H and O–H groups in total. The summed E-state index contributed by atoms with van der Waals surface area (Å²) in [6.07, 6.45) is 4.17. The van der Waals surface area contributed by atoms with E-state index in [1.807, 2.05) is 13.0 Å². The predicted molar refractivity (Wildman–Crippen MR) is 81.0 cm³/mol. The maximum Gasteiger partial charge on any atom is 0.311 e. The monoisotopic (exact) mass is 289 g/mol. The average Bonchev–Trinajstić information content (AvgIpc) is 2.47. The Balaban J connectivity index is 1.92. The minimum absolute atomic E-state index is 0.219. The van der Waals surface area contributed by atoms with Crippen molar-refractivity contribution < 1.29 is 14.3 Å². The lowest BCUT2D eigenvalue weighted by Gasteiger charge is -2.17. The van der Waals surface area contributed by atoms with Gasteiger partial charge in [0.05, 0.1) is 6.42 Å². The molecule has 1 aliphatic rings. The summed E-state index contributed by atoms with van der Waals surface area (Å²) in [5.74, 6) is -0.610. The van der Waals surface area contributed by atoms with Crippen LogP contribution in [0.4, 0.5) is 0 Å². The van der Waals surface area contributed by atoms with Crippen molar-refractivity contribution in [1.29, 1.82) is 0 Å². The van der Waals surface area contributed by atoms with Gasteiger partial charge in [-0.3, -0.25) is 9.59 Å². The lowest BCUT2D eigenvalue weighted by atomic mass is 9.90. The van der Waals surface area contributed by atoms with Gasteiger partial charge in [0.25, 0.3) is 5.91 Å². The highest BCUT2D eigenvalue weighted by Crippen LogP contribution is 2.22. The van der Waals surface area contributed by atoms with Crippen molar-refractivity contribution in [3.63, 3.8) is 0 Å². The Bertz CT molecular complexity index is 525. The number of carbonyl (C=O) groups is 2. The van der Waals surface area contributed by atoms with Crippen LogP contribution in [0.3, 0.4) is 0 Å². The average molecular weight is 289 g/mol. The van der Waals surface area contributed by atoms with Crippen molar-refractivity contribution in [3.8, 4) is 0 Å². The first kappa shape index (κ1) is 15.5. The molecule has 114 valence electrons. The van der Waals surface area contributed by atoms with Crippen LogP contribution in [0.5, 0.6) is 0 Å². The van der Waals surface area contributed by atoms with Crippen molar-refractivity contribution in [3.05, 3.63) is 34.9 Å². The van der Waals surface area contributed by atoms with Gasteiger partial charge in [-0.2, -0.15) is 0 Å². The van der Waals surface area contributed by atoms with E-state index in [0.29, 0.717) is 6.54 Å². The van der Waals surface area contributed by atoms with Crippen LogP contribution in [-0.4, -0.2) is 24.5 Å². The first-order valence-corrected chi connectivity index (χ1v) is 7.68. The number of benzene rings is 1. The van der Waals surface area contributed by atoms with Crippen LogP contribution >= 0.6 is 0 Å². The van der Waals surface area contributed by atoms with Crippen LogP contribution in [0.2, 0.25) is 0 Å². The molecule has 0 spiro atoms. The van der Waals surface area contributed by atoms with Gasteiger partial charge < -0.3 is 10.1 Å². The van der Waals surface area contributed by atoms with Gasteiger partial charge in [0.1, 0.15) is 0 Å². The summed E-state index contributed by atoms with van der Waals surface area (Å²) in [6, 6.07) is 6.21. The molecule has 0 aliphatic heterocycles. The topological polar surface area (TPSA) is 55.4 Å². The van der Waals surface area contributed by atoms with Gasteiger partial charge in [0.2, 0.25) is 0 Å². The Morgan fingerprint density at radius 3 is 2.67 bits per heavy atom. The fraction of sp³-hybridized carbons (Fsp3) is 0.529. The molecular weight excluding hydrogens is 266 g/mol. The number of likely N-dealkylation sites (N-methyl/N-ethyl adjacent to an activating group) is 1. The lowest BCUT2D eigenvalue weighted by Crippen LogP contribution is -2.35. The smallest absolute Gasteiger partial charge is 0.311 e. The van der Waals surface area contributed by atoms with Crippen molar-refractivity contribution in [2.75, 3.05) is 6.54 Å². The number of esters is 1. The van der Waals surface area contributed by atoms with Gasteiger partial charge in [-0.25, -0.2) is 0 Å². The third-order valence-corrected chi connectivity index (χ3v) is 3.79. The van der Waals surface area contributed by atoms with E-state index in [1.54, 1.807) is 6.92 Å². The number of carbonyl (C=O) groups excluding carboxylic acids is 2. The number of nitrogens with one attached hydrogen (secondary N) is 1. The van der Waals surface area contributed by atoms with Crippen molar-refractivity contribution >= 4 is 11.9 Å². The molecule has 0 heterocycles. The highest BCUT2D eigenvalue weighted by molar-refractivity contribution is 5.83. The molecule has 0 fully saturated rings. The lowest BCUT2D eigenvalue weighted by molar-refractivity contribution is -0.154. The number of hydrogen-bond donors (Lipinski definition) is 1. The molecule has 0 saturated heterocycles. The second kappa shape index (κ2) is 7.25. The molecule has 1 aliphatic carbocycles. The number of aryl methyl sites for hydroxylation is 2. The molecule has 4 nitrogen and oxygen atoms in total. The van der Waals surface area contributed by atoms with Gasteiger partial charge in [0, 0.05) is 6.54 Å². The number of amides is 1. The zero-order valence-corrected chi connectivity index (χ0v) is 12.8. The van der Waals surface area contributed by atoms with Crippen molar-refractivity contribution in [1.82, 2.24) is 5.32 Å². The normalized spacial score (nSPS) is 15.0. The predicted octanol–water partition coefficient (Wildman–Crippen LogP) is 2.18. The van der Waals surface area contributed by atoms with Gasteiger partial charge in [-0.1, -0.05) is 18.2 Å². The van der Waals surface area contributed by atoms with Crippen LogP contribution in [-0.2, 0) is 33.6 Å². The van der Waals surface area contributed by atoms with Crippen LogP contribution in [0.15, 0.2) is 18.2 Å². The maximum atomic E-state index is 11.9. The Morgan fingerprint density at radius 1 is 1.24 bits per heavy atom. The molecule has 0 radical (unpaired) electrons. The van der Waals surface area contributed by atoms with Gasteiger partial charge in [0.15, 0.2) is 6.10 Å². The first-order chi connectivity index (χ1) is 10.1. The molecular formula is C17H23NO3. The summed E-state index contributed by atoms with van der Waals surface area (Å²) in [5.41, 5.74) is 3.71. The van der Waals surface area contributed by atoms with E-state index in [1.165, 1.54) is 24.0 Å². The van der Waals surface area contributed by atoms with Crippen LogP contribution in [0.25, 0.3) is 0 Å². The zero-order valence-electron chi connectivity index (χ0n) is 12.8. The SMILES string of the molecule is CCNC(=O)[C@@H](C)OC(=O)Cc1ccc2c(c1)CCCC2. The fourth-order valence-electron chi connectivity index (χ4n) is 2.67. The first-order valence-electron chi connectivity index (χ1n) is 7.68. The Morgan fingerprint density at radius 2 is 1.95 bits per heavy atom. The number of hydrogen-bond acceptors (Lipinski definition) is 3. The minimum atomic E-state index is -0.741. The second-order valence-corrected chi connectivity index (χ2v) is 5.51. The molecule has 4 heteroatoms. The van der Waals surface area contributed by atoms with Crippen LogP contribution in [0, 0.1) is 0 Å². The summed E-state index contributed by atoms with van der Waals surface area (Å²) in [4.78, 5) is 23.4. The Kier molecular flexibility index (Phi) is 5.37. The number of fused-ring (bicyclic) bond motifs is 1. The van der Waals surface area contributed by atoms with E-state index in [-0.39, 0.29) is 18.3 Å². The molecule has 21 heavy (non-hydrogen) atoms. The Labute approximate surface area is 125 Å². The van der Waals surface area contributed by atoms with Crippen LogP contribution in [0.1, 0.15) is 43.4 Å². The fourth-order valence-corrected chi connectivity index (χ4v) is 2.67. The van der Waals surface area contributed by atoms with E-state index < -0.39 is 6.10 Å². The van der Waals surface area contributed by atoms with Gasteiger partial charge in [-0.15, -0.1) is 0 Å². The molecule has 0 unspecified atom stereocenters. The number of rotatable bonds is 5. The molecule has 0 saturated carbocycles. The summed E-state index contributed by atoms with van der Waals surface area (Å²) >= 11 is 0. The third kappa shape index (κ3) is 4.31. The quantitative estimate of drug-likeness (QED) is 0.845. The van der Waals surface area contributed by atoms with Gasteiger partial charge in [-0.05, 0) is 56.2 Å². The minimum Gasteiger partial charge on any atom is -0.452 e. The zero-order chi connectivity index (χ0) is 15.2. The Hall–Kier alpha value is -1.84. The van der Waals surface area contributed by atoms with E-state index in [0.717, 1.165) is 18.4 Å². The highest BCUT2D eigenvalue weighted by atomic mass is 16.5. The standard InChI is InChI=1S/C17H23NO3/c1-3-18-17(20)12(2)21-16(19)11-13-8-9-14-6-4-5-7-15(14)10-13/h8-10,12H,3-7,11H2,1-2H3,(H,18,20)/t12-/m1/s1. The molecule has 1 amide bonds. The van der Waals surface area contributed by atoms with Crippen LogP contribution < -0.4 is 5.32 Å². The van der Waals surface area contributed by atoms with E-state index >= 15 is 0 Å². The summed E-state index contributed by atoms with van der Waals surface area (Å²) in [7, 11) is 0. The molecule has 0 aromatic heterocycles. The van der Waals surface area contributed by atoms with Crippen molar-refractivity contribution in [2.24, 2.45) is 0 Å². The molecule has 1 aromatic carbocycles. The summed E-state index contributed by atoms with van der Waals surface area (Å²) in [6.45, 7) is 3.96. The summed E-state index contributed by atoms with van der Waals surface area (Å²) in [5, 5.41) is 2.64. The molecule has 2 rings (SSSR count). The van der Waals surface area contributed by atoms with Gasteiger partial charge >= 0.3 is 5.97 Å². The largest absolute Gasteiger partial charge is 0.452 e. The molecule has 1 atom stereocenters. The maximum absolute atomic E-state index is 11.9. The third-order valence-electron chi connectivity index (χ3n) is 3.79. The number of ether oxygens (including phenoxy) is 1. The van der Waals surface area contributed by atoms with E-state index in [2.05, 4.69) is 17.4 Å². The van der Waals surface area contributed by atoms with E-state index in [4.69, 9.17) is 4.74 Å². The van der Waals surface area contributed by atoms with Crippen molar-refractivity contribution in [2.45, 2.75) is 52.1 Å².